The molecule has 21 rings (SSSR count). The molecule has 5 aliphatic heterocycles. The minimum atomic E-state index is -0.963. The van der Waals surface area contributed by atoms with Crippen LogP contribution in [-0.4, -0.2) is 22.8 Å². The smallest absolute Gasteiger partial charge is 0.205 e. The van der Waals surface area contributed by atoms with Gasteiger partial charge in [-0.1, -0.05) is 245 Å². The molecule has 115 heavy (non-hydrogen) atoms. The van der Waals surface area contributed by atoms with Gasteiger partial charge >= 0.3 is 0 Å². The summed E-state index contributed by atoms with van der Waals surface area (Å²) in [6.45, 7) is 22.6. The molecule has 7 aliphatic rings. The van der Waals surface area contributed by atoms with E-state index < -0.39 is 23.1 Å². The molecule has 10 nitrogen and oxygen atoms in total. The molecule has 0 radical (unpaired) electrons. The zero-order chi connectivity index (χ0) is 86.2. The molecule has 4 atom stereocenters. The third-order valence-corrected chi connectivity index (χ3v) is 24.9. The molecule has 14 aromatic rings. The first-order valence-electron chi connectivity index (χ1n) is 45.0. The number of imidazole rings is 5. The highest BCUT2D eigenvalue weighted by Crippen LogP contribution is 2.52. The summed E-state index contributed by atoms with van der Waals surface area (Å²) in [7, 11) is 0. The van der Waals surface area contributed by atoms with Crippen LogP contribution < -0.4 is 22.8 Å². The van der Waals surface area contributed by atoms with Crippen LogP contribution in [0, 0.1) is 81.1 Å². The van der Waals surface area contributed by atoms with Gasteiger partial charge in [-0.25, -0.2) is 22.8 Å². The lowest BCUT2D eigenvalue weighted by Crippen LogP contribution is -2.37. The maximum absolute atomic E-state index is 9.12. The fourth-order valence-electron chi connectivity index (χ4n) is 19.1. The number of hydrogen-bond donors (Lipinski definition) is 0. The van der Waals surface area contributed by atoms with Gasteiger partial charge in [-0.2, -0.15) is 22.8 Å². The van der Waals surface area contributed by atoms with Crippen molar-refractivity contribution in [2.75, 3.05) is 0 Å². The number of para-hydroxylation sites is 5. The fourth-order valence-corrected chi connectivity index (χ4v) is 19.1. The molecular formula is C105H109N10+5. The van der Waals surface area contributed by atoms with Crippen molar-refractivity contribution >= 4 is 31.0 Å². The summed E-state index contributed by atoms with van der Waals surface area (Å²) in [5.74, 6) is -1.43. The van der Waals surface area contributed by atoms with E-state index in [1.807, 2.05) is 202 Å². The molecule has 2 aliphatic carbocycles. The molecule has 4 unspecified atom stereocenters. The van der Waals surface area contributed by atoms with Gasteiger partial charge < -0.3 is 0 Å². The zero-order valence-electron chi connectivity index (χ0n) is 76.2. The summed E-state index contributed by atoms with van der Waals surface area (Å²) in [5, 5.41) is 0. The first-order chi connectivity index (χ1) is 59.3. The van der Waals surface area contributed by atoms with E-state index in [2.05, 4.69) is 219 Å². The average Bonchev–Trinajstić information content (AvgIpc) is 1.53. The number of fused-ring (bicyclic) bond motifs is 5. The van der Waals surface area contributed by atoms with Crippen LogP contribution in [0.25, 0.3) is 59.4 Å². The minimum absolute atomic E-state index is 0.133. The predicted molar refractivity (Wildman–Crippen MR) is 467 cm³/mol. The maximum atomic E-state index is 9.12. The van der Waals surface area contributed by atoms with Crippen LogP contribution in [0.3, 0.4) is 0 Å². The second-order valence-corrected chi connectivity index (χ2v) is 31.9. The Bertz CT molecular complexity index is 6500. The van der Waals surface area contributed by atoms with Crippen molar-refractivity contribution < 1.29 is 33.8 Å². The molecule has 0 spiro atoms. The molecule has 0 amide bonds. The van der Waals surface area contributed by atoms with Crippen LogP contribution >= 0.6 is 0 Å². The largest absolute Gasteiger partial charge is 0.254 e. The second-order valence-electron chi connectivity index (χ2n) is 31.9. The van der Waals surface area contributed by atoms with Crippen LogP contribution in [-0.2, 0) is 10.8 Å². The number of hydrogen-bond acceptors (Lipinski definition) is 0. The van der Waals surface area contributed by atoms with Gasteiger partial charge in [0.15, 0.2) is 41.0 Å². The van der Waals surface area contributed by atoms with Crippen LogP contribution in [0.4, 0.5) is 0 Å². The molecule has 0 N–H and O–H groups in total. The van der Waals surface area contributed by atoms with Crippen molar-refractivity contribution in [1.82, 2.24) is 22.8 Å². The van der Waals surface area contributed by atoms with E-state index in [-0.39, 0.29) is 5.41 Å². The monoisotopic (exact) mass is 1520 g/mol. The van der Waals surface area contributed by atoms with E-state index >= 15 is 0 Å². The molecular weight excluding hydrogens is 1400 g/mol. The van der Waals surface area contributed by atoms with E-state index in [4.69, 9.17) is 11.0 Å². The second kappa shape index (κ2) is 32.0. The van der Waals surface area contributed by atoms with Gasteiger partial charge in [0.25, 0.3) is 31.5 Å². The summed E-state index contributed by atoms with van der Waals surface area (Å²) in [6.07, 6.45) is 32.1. The first-order valence-corrected chi connectivity index (χ1v) is 41.0. The number of aryl methyl sites for hydroxylation is 5. The van der Waals surface area contributed by atoms with Crippen molar-refractivity contribution in [1.29, 1.82) is 0 Å². The van der Waals surface area contributed by atoms with Crippen molar-refractivity contribution in [2.45, 2.75) is 156 Å². The van der Waals surface area contributed by atoms with Gasteiger partial charge in [0.05, 0.1) is 42.3 Å². The van der Waals surface area contributed by atoms with E-state index in [9.17, 15) is 0 Å². The standard InChI is InChI=1S/C26H23N2.C25H27N2.C20H19N2.C19H23N2.C15H17N2/c1-20-11-9-10-16-24(20)28-19-27-18-17-26(25(27)21(28)2,22-12-5-3-6-13-22)23-14-7-4-8-15-23;1-19-10-6-9-15-23(19)27-18-26-17-16-25(24(26)20(27)2,22-13-7-8-14-22)21-11-4-3-5-12-21;1-15-8-6-7-11-19(15)22-14-21-13-12-18(20(21)16(22)2)17-9-4-3-5-10-17;1-14-7-3-6-10-18(14)21-13-20-12-11-17(19(20)15(21)2)16-8-4-5-9-16;1-11-6-4-5-7-14(11)17-10-16-9-8-12(2)15(16)13(17)3/h3-19H,1-2H3;3-6,9-12,15-18,22H,7-8,13-14H2,1-2H3;3-14,18H,1-2H3;3,6-7,10-13,16-17H,4-5,8-9H2,1-2H3;4-10,12H,1-3H3/q5*+1/i19D;18D;14D,18D;13D,17D;10D,12D. The lowest BCUT2D eigenvalue weighted by atomic mass is 9.67. The van der Waals surface area contributed by atoms with Crippen LogP contribution in [0.2, 0.25) is 0 Å². The highest BCUT2D eigenvalue weighted by Gasteiger charge is 2.52. The van der Waals surface area contributed by atoms with Crippen LogP contribution in [0.5, 0.6) is 0 Å². The summed E-state index contributed by atoms with van der Waals surface area (Å²) in [4.78, 5) is 0. The Hall–Kier alpha value is -12.3. The van der Waals surface area contributed by atoms with Crippen molar-refractivity contribution in [2.24, 2.45) is 11.8 Å². The first kappa shape index (κ1) is 66.2. The van der Waals surface area contributed by atoms with E-state index in [1.54, 1.807) is 4.57 Å². The summed E-state index contributed by atoms with van der Waals surface area (Å²) in [5.41, 5.74) is 25.4. The molecule has 10 heteroatoms. The topological polar surface area (TPSA) is 44.0 Å². The van der Waals surface area contributed by atoms with Crippen LogP contribution in [0.1, 0.15) is 194 Å². The molecule has 574 valence electrons. The average molecular weight is 1520 g/mol. The number of nitrogens with zero attached hydrogens (tertiary/aromatic N) is 10. The lowest BCUT2D eigenvalue weighted by molar-refractivity contribution is -0.602. The Morgan fingerprint density at radius 3 is 1.12 bits per heavy atom. The van der Waals surface area contributed by atoms with E-state index in [1.165, 1.54) is 72.2 Å². The van der Waals surface area contributed by atoms with Gasteiger partial charge in [-0.15, -0.1) is 0 Å². The lowest BCUT2D eigenvalue weighted by Gasteiger charge is -2.32. The Labute approximate surface area is 691 Å². The molecule has 2 fully saturated rings. The number of aromatic nitrogens is 10. The summed E-state index contributed by atoms with van der Waals surface area (Å²) in [6, 6.07) is 82.8. The normalized spacial score (nSPS) is 21.0. The van der Waals surface area contributed by atoms with Gasteiger partial charge in [-0.05, 0) is 183 Å². The third-order valence-electron chi connectivity index (χ3n) is 24.9. The van der Waals surface area contributed by atoms with Gasteiger partial charge in [-0.3, -0.25) is 0 Å². The van der Waals surface area contributed by atoms with Crippen molar-refractivity contribution in [3.8, 4) is 28.4 Å². The minimum Gasteiger partial charge on any atom is -0.205 e. The van der Waals surface area contributed by atoms with E-state index in [0.29, 0.717) is 43.4 Å². The van der Waals surface area contributed by atoms with Gasteiger partial charge in [0.1, 0.15) is 56.6 Å². The third kappa shape index (κ3) is 13.7. The van der Waals surface area contributed by atoms with Gasteiger partial charge in [0.2, 0.25) is 0 Å². The highest BCUT2D eigenvalue weighted by molar-refractivity contribution is 5.63. The molecule has 10 heterocycles. The zero-order valence-corrected chi connectivity index (χ0v) is 68.2. The summed E-state index contributed by atoms with van der Waals surface area (Å²) < 4.78 is 89.7. The Morgan fingerprint density at radius 1 is 0.322 bits per heavy atom. The van der Waals surface area contributed by atoms with E-state index in [0.717, 1.165) is 115 Å². The molecule has 0 bridgehead atoms. The molecule has 5 aromatic heterocycles. The molecule has 2 saturated carbocycles. The quantitative estimate of drug-likeness (QED) is 0.116. The van der Waals surface area contributed by atoms with Crippen LogP contribution in [0.15, 0.2) is 305 Å². The summed E-state index contributed by atoms with van der Waals surface area (Å²) >= 11 is 0. The van der Waals surface area contributed by atoms with Gasteiger partial charge in [0, 0.05) is 50.5 Å². The number of benzene rings is 9. The fraction of sp³-hybridized carbons (Fsp3) is 0.248. The van der Waals surface area contributed by atoms with Crippen molar-refractivity contribution in [3.05, 3.63) is 412 Å². The molecule has 0 saturated heterocycles. The number of allylic oxidation sites excluding steroid dienone is 5. The predicted octanol–water partition coefficient (Wildman–Crippen LogP) is 21.6. The Morgan fingerprint density at radius 2 is 0.661 bits per heavy atom. The highest BCUT2D eigenvalue weighted by atomic mass is 15.2. The van der Waals surface area contributed by atoms with Crippen molar-refractivity contribution in [3.63, 3.8) is 0 Å². The molecule has 9 aromatic carbocycles. The number of rotatable bonds is 11. The SMILES string of the molecule is [2H]c1n2c(c(C)[n+]1-c1ccccc1C)C([2H])(C)C=C2.[2H]c1n2c(c(C)[n+]1-c1ccccc1C)C([2H])(C1CCCC1)C=C2.[2H]c1n2c(c(C)[n+]1-c1ccccc1C)C([2H])(c1ccccc1)C=C2.[2H]c1n2c(c(C)[n+]1-c1ccccc1C)C(c1ccccc1)(C1CCCC1)C=C2.[2H]c1n2c(c(C)[n+]1-c1ccccc1C)C(c1ccccc1)(c1ccccc1)C=C2. The Kier molecular flexibility index (Phi) is 18.4. The maximum Gasteiger partial charge on any atom is 0.254 e. The Balaban J connectivity index is 0.000000110.